The second-order valence-corrected chi connectivity index (χ2v) is 7.93. The first-order valence-electron chi connectivity index (χ1n) is 10.4. The molecule has 30 heavy (non-hydrogen) atoms. The lowest BCUT2D eigenvalue weighted by Crippen LogP contribution is -2.44. The van der Waals surface area contributed by atoms with E-state index in [0.29, 0.717) is 37.5 Å². The molecule has 8 heteroatoms. The molecule has 1 aliphatic heterocycles. The summed E-state index contributed by atoms with van der Waals surface area (Å²) < 4.78 is 7.05. The number of hydrogen-bond donors (Lipinski definition) is 1. The molecule has 1 atom stereocenters. The molecular formula is C22H27N5O3. The van der Waals surface area contributed by atoms with Crippen LogP contribution in [0.1, 0.15) is 41.3 Å². The molecular weight excluding hydrogens is 382 g/mol. The summed E-state index contributed by atoms with van der Waals surface area (Å²) >= 11 is 0. The van der Waals surface area contributed by atoms with Gasteiger partial charge in [-0.25, -0.2) is 4.98 Å². The Balaban J connectivity index is 1.30. The number of carbonyl (C=O) groups excluding carboxylic acids is 2. The van der Waals surface area contributed by atoms with E-state index in [1.165, 1.54) is 0 Å². The monoisotopic (exact) mass is 409 g/mol. The van der Waals surface area contributed by atoms with Crippen LogP contribution in [0.25, 0.3) is 11.0 Å². The largest absolute Gasteiger partial charge is 0.361 e. The zero-order valence-electron chi connectivity index (χ0n) is 17.4. The fraction of sp³-hybridized carbons (Fsp3) is 0.455. The van der Waals surface area contributed by atoms with Crippen LogP contribution < -0.4 is 5.32 Å². The molecule has 1 saturated heterocycles. The fourth-order valence-electron chi connectivity index (χ4n) is 4.10. The number of aromatic nitrogens is 3. The number of benzene rings is 1. The molecule has 0 saturated carbocycles. The van der Waals surface area contributed by atoms with Gasteiger partial charge in [-0.3, -0.25) is 9.59 Å². The predicted octanol–water partition coefficient (Wildman–Crippen LogP) is 2.70. The highest BCUT2D eigenvalue weighted by Crippen LogP contribution is 2.19. The van der Waals surface area contributed by atoms with E-state index >= 15 is 0 Å². The zero-order valence-corrected chi connectivity index (χ0v) is 17.4. The summed E-state index contributed by atoms with van der Waals surface area (Å²) in [6, 6.07) is 9.61. The maximum atomic E-state index is 12.8. The molecule has 3 aromatic rings. The summed E-state index contributed by atoms with van der Waals surface area (Å²) in [6.45, 7) is 6.31. The van der Waals surface area contributed by atoms with Crippen molar-refractivity contribution < 1.29 is 14.1 Å². The minimum atomic E-state index is -0.238. The van der Waals surface area contributed by atoms with Crippen LogP contribution in [-0.2, 0) is 11.3 Å². The Hall–Kier alpha value is -3.16. The van der Waals surface area contributed by atoms with Crippen LogP contribution in [0, 0.1) is 19.8 Å². The summed E-state index contributed by atoms with van der Waals surface area (Å²) in [5.41, 5.74) is 2.31. The maximum Gasteiger partial charge on any atom is 0.273 e. The number of hydrogen-bond acceptors (Lipinski definition) is 5. The van der Waals surface area contributed by atoms with Crippen LogP contribution in [0.5, 0.6) is 0 Å². The van der Waals surface area contributed by atoms with E-state index in [1.807, 2.05) is 36.1 Å². The van der Waals surface area contributed by atoms with Gasteiger partial charge in [-0.2, -0.15) is 0 Å². The molecule has 0 unspecified atom stereocenters. The molecule has 158 valence electrons. The standard InChI is InChI=1S/C22H27N5O3/c1-15-12-19(25-30-15)22(29)23-13-17-6-5-10-26(14-17)21(28)9-11-27-16(2)24-18-7-3-4-8-20(18)27/h3-4,7-8,12,17H,5-6,9-11,13-14H2,1-2H3,(H,23,29)/t17-/m0/s1. The minimum Gasteiger partial charge on any atom is -0.361 e. The number of piperidine rings is 1. The number of imidazole rings is 1. The topological polar surface area (TPSA) is 93.3 Å². The quantitative estimate of drug-likeness (QED) is 0.676. The first-order chi connectivity index (χ1) is 14.5. The number of likely N-dealkylation sites (tertiary alicyclic amines) is 1. The SMILES string of the molecule is Cc1cc(C(=O)NC[C@@H]2CCCN(C(=O)CCn3c(C)nc4ccccc43)C2)no1. The van der Waals surface area contributed by atoms with Gasteiger partial charge >= 0.3 is 0 Å². The number of para-hydroxylation sites is 2. The van der Waals surface area contributed by atoms with Gasteiger partial charge in [0.05, 0.1) is 11.0 Å². The number of amides is 2. The Morgan fingerprint density at radius 2 is 2.10 bits per heavy atom. The van der Waals surface area contributed by atoms with Crippen molar-refractivity contribution in [2.45, 2.75) is 39.7 Å². The molecule has 4 rings (SSSR count). The molecule has 1 fully saturated rings. The third-order valence-electron chi connectivity index (χ3n) is 5.68. The van der Waals surface area contributed by atoms with Crippen molar-refractivity contribution in [1.82, 2.24) is 24.9 Å². The first kappa shape index (κ1) is 20.1. The summed E-state index contributed by atoms with van der Waals surface area (Å²) in [5, 5.41) is 6.65. The van der Waals surface area contributed by atoms with E-state index in [0.717, 1.165) is 36.2 Å². The van der Waals surface area contributed by atoms with Gasteiger partial charge in [-0.05, 0) is 44.7 Å². The van der Waals surface area contributed by atoms with Crippen molar-refractivity contribution in [1.29, 1.82) is 0 Å². The summed E-state index contributed by atoms with van der Waals surface area (Å²) in [5.74, 6) is 1.69. The summed E-state index contributed by atoms with van der Waals surface area (Å²) in [6.07, 6.45) is 2.38. The zero-order chi connectivity index (χ0) is 21.1. The lowest BCUT2D eigenvalue weighted by molar-refractivity contribution is -0.133. The smallest absolute Gasteiger partial charge is 0.273 e. The molecule has 2 aromatic heterocycles. The predicted molar refractivity (Wildman–Crippen MR) is 112 cm³/mol. The van der Waals surface area contributed by atoms with Crippen LogP contribution in [0.4, 0.5) is 0 Å². The van der Waals surface area contributed by atoms with E-state index < -0.39 is 0 Å². The third kappa shape index (κ3) is 4.37. The Bertz CT molecular complexity index is 1050. The Morgan fingerprint density at radius 1 is 1.27 bits per heavy atom. The Kier molecular flexibility index (Phi) is 5.83. The van der Waals surface area contributed by atoms with Crippen molar-refractivity contribution in [3.05, 3.63) is 47.6 Å². The number of carbonyl (C=O) groups is 2. The molecule has 2 amide bonds. The minimum absolute atomic E-state index is 0.148. The van der Waals surface area contributed by atoms with Gasteiger partial charge in [0, 0.05) is 38.7 Å². The van der Waals surface area contributed by atoms with Crippen LogP contribution in [0.3, 0.4) is 0 Å². The molecule has 0 bridgehead atoms. The van der Waals surface area contributed by atoms with Crippen LogP contribution in [0.2, 0.25) is 0 Å². The van der Waals surface area contributed by atoms with Gasteiger partial charge in [0.15, 0.2) is 5.69 Å². The van der Waals surface area contributed by atoms with Gasteiger partial charge in [0.25, 0.3) is 5.91 Å². The van der Waals surface area contributed by atoms with Crippen molar-refractivity contribution in [3.8, 4) is 0 Å². The average Bonchev–Trinajstić information content (AvgIpc) is 3.33. The molecule has 8 nitrogen and oxygen atoms in total. The fourth-order valence-corrected chi connectivity index (χ4v) is 4.10. The number of nitrogens with one attached hydrogen (secondary N) is 1. The van der Waals surface area contributed by atoms with Crippen molar-refractivity contribution in [2.24, 2.45) is 5.92 Å². The number of nitrogens with zero attached hydrogens (tertiary/aromatic N) is 4. The number of aryl methyl sites for hydroxylation is 3. The highest BCUT2D eigenvalue weighted by Gasteiger charge is 2.24. The molecule has 0 radical (unpaired) electrons. The number of fused-ring (bicyclic) bond motifs is 1. The van der Waals surface area contributed by atoms with E-state index in [1.54, 1.807) is 13.0 Å². The van der Waals surface area contributed by atoms with E-state index in [-0.39, 0.29) is 17.7 Å². The molecule has 1 aliphatic rings. The maximum absolute atomic E-state index is 12.8. The number of rotatable bonds is 6. The first-order valence-corrected chi connectivity index (χ1v) is 10.4. The lowest BCUT2D eigenvalue weighted by Gasteiger charge is -2.33. The molecule has 3 heterocycles. The van der Waals surface area contributed by atoms with E-state index in [2.05, 4.69) is 20.0 Å². The van der Waals surface area contributed by atoms with Gasteiger partial charge in [0.1, 0.15) is 11.6 Å². The lowest BCUT2D eigenvalue weighted by atomic mass is 9.97. The highest BCUT2D eigenvalue weighted by molar-refractivity contribution is 5.92. The Morgan fingerprint density at radius 3 is 2.90 bits per heavy atom. The van der Waals surface area contributed by atoms with Gasteiger partial charge in [-0.15, -0.1) is 0 Å². The van der Waals surface area contributed by atoms with Crippen molar-refractivity contribution in [3.63, 3.8) is 0 Å². The van der Waals surface area contributed by atoms with Gasteiger partial charge < -0.3 is 19.3 Å². The summed E-state index contributed by atoms with van der Waals surface area (Å²) in [7, 11) is 0. The molecule has 0 aliphatic carbocycles. The van der Waals surface area contributed by atoms with Crippen LogP contribution >= 0.6 is 0 Å². The second kappa shape index (κ2) is 8.69. The van der Waals surface area contributed by atoms with Crippen molar-refractivity contribution in [2.75, 3.05) is 19.6 Å². The van der Waals surface area contributed by atoms with Crippen LogP contribution in [0.15, 0.2) is 34.9 Å². The highest BCUT2D eigenvalue weighted by atomic mass is 16.5. The molecule has 0 spiro atoms. The molecule has 1 N–H and O–H groups in total. The summed E-state index contributed by atoms with van der Waals surface area (Å²) in [4.78, 5) is 31.5. The van der Waals surface area contributed by atoms with Crippen LogP contribution in [-0.4, -0.2) is 51.1 Å². The second-order valence-electron chi connectivity index (χ2n) is 7.93. The Labute approximate surface area is 175 Å². The van der Waals surface area contributed by atoms with Gasteiger partial charge in [0.2, 0.25) is 5.91 Å². The van der Waals surface area contributed by atoms with E-state index in [4.69, 9.17) is 4.52 Å². The average molecular weight is 409 g/mol. The normalized spacial score (nSPS) is 16.7. The van der Waals surface area contributed by atoms with E-state index in [9.17, 15) is 9.59 Å². The van der Waals surface area contributed by atoms with Gasteiger partial charge in [-0.1, -0.05) is 17.3 Å². The molecule has 1 aromatic carbocycles. The van der Waals surface area contributed by atoms with Crippen molar-refractivity contribution >= 4 is 22.8 Å². The third-order valence-corrected chi connectivity index (χ3v) is 5.68.